The van der Waals surface area contributed by atoms with Crippen molar-refractivity contribution in [3.05, 3.63) is 35.6 Å². The predicted molar refractivity (Wildman–Crippen MR) is 63.7 cm³/mol. The van der Waals surface area contributed by atoms with E-state index in [1.54, 1.807) is 18.2 Å². The Bertz CT molecular complexity index is 317. The van der Waals surface area contributed by atoms with E-state index in [2.05, 4.69) is 6.92 Å². The summed E-state index contributed by atoms with van der Waals surface area (Å²) in [7, 11) is 0. The van der Waals surface area contributed by atoms with Gasteiger partial charge < -0.3 is 10.5 Å². The van der Waals surface area contributed by atoms with Gasteiger partial charge in [0.15, 0.2) is 0 Å². The Morgan fingerprint density at radius 3 is 2.69 bits per heavy atom. The molecule has 2 atom stereocenters. The first kappa shape index (κ1) is 13.1. The van der Waals surface area contributed by atoms with Crippen molar-refractivity contribution in [2.75, 3.05) is 6.61 Å². The van der Waals surface area contributed by atoms with Crippen LogP contribution < -0.4 is 5.73 Å². The third kappa shape index (κ3) is 3.91. The molecule has 16 heavy (non-hydrogen) atoms. The topological polar surface area (TPSA) is 35.2 Å². The number of nitrogens with two attached hydrogens (primary N) is 1. The van der Waals surface area contributed by atoms with Crippen molar-refractivity contribution in [3.63, 3.8) is 0 Å². The van der Waals surface area contributed by atoms with Crippen molar-refractivity contribution >= 4 is 0 Å². The van der Waals surface area contributed by atoms with E-state index in [1.807, 2.05) is 6.92 Å². The fourth-order valence-electron chi connectivity index (χ4n) is 1.62. The average molecular weight is 225 g/mol. The average Bonchev–Trinajstić information content (AvgIpc) is 2.27. The summed E-state index contributed by atoms with van der Waals surface area (Å²) < 4.78 is 18.9. The number of ether oxygens (including phenoxy) is 1. The SMILES string of the molecule is CCCC(C)OCC(N)c1ccccc1F. The summed E-state index contributed by atoms with van der Waals surface area (Å²) in [5.74, 6) is -0.262. The minimum atomic E-state index is -0.388. The van der Waals surface area contributed by atoms with E-state index in [0.29, 0.717) is 12.2 Å². The molecule has 1 rings (SSSR count). The molecule has 0 aliphatic rings. The molecule has 0 radical (unpaired) electrons. The molecular formula is C13H20FNO. The maximum atomic E-state index is 13.4. The highest BCUT2D eigenvalue weighted by Crippen LogP contribution is 2.15. The van der Waals surface area contributed by atoms with Gasteiger partial charge >= 0.3 is 0 Å². The lowest BCUT2D eigenvalue weighted by molar-refractivity contribution is 0.0498. The van der Waals surface area contributed by atoms with E-state index < -0.39 is 0 Å². The Kier molecular flexibility index (Phi) is 5.43. The zero-order chi connectivity index (χ0) is 12.0. The van der Waals surface area contributed by atoms with Crippen LogP contribution in [-0.4, -0.2) is 12.7 Å². The van der Waals surface area contributed by atoms with Crippen LogP contribution in [0, 0.1) is 5.82 Å². The smallest absolute Gasteiger partial charge is 0.128 e. The molecule has 0 bridgehead atoms. The second-order valence-corrected chi connectivity index (χ2v) is 4.06. The van der Waals surface area contributed by atoms with Crippen LogP contribution in [0.25, 0.3) is 0 Å². The van der Waals surface area contributed by atoms with Gasteiger partial charge in [-0.1, -0.05) is 31.5 Å². The number of halogens is 1. The monoisotopic (exact) mass is 225 g/mol. The van der Waals surface area contributed by atoms with Crippen molar-refractivity contribution in [3.8, 4) is 0 Å². The van der Waals surface area contributed by atoms with Gasteiger partial charge in [0.05, 0.1) is 18.8 Å². The summed E-state index contributed by atoms with van der Waals surface area (Å²) >= 11 is 0. The minimum Gasteiger partial charge on any atom is -0.377 e. The predicted octanol–water partition coefficient (Wildman–Crippen LogP) is 3.03. The van der Waals surface area contributed by atoms with Crippen LogP contribution >= 0.6 is 0 Å². The van der Waals surface area contributed by atoms with Crippen LogP contribution in [0.15, 0.2) is 24.3 Å². The second-order valence-electron chi connectivity index (χ2n) is 4.06. The molecule has 0 saturated carbocycles. The molecule has 2 nitrogen and oxygen atoms in total. The van der Waals surface area contributed by atoms with Gasteiger partial charge in [0.1, 0.15) is 5.82 Å². The lowest BCUT2D eigenvalue weighted by Crippen LogP contribution is -2.21. The summed E-state index contributed by atoms with van der Waals surface area (Å²) in [4.78, 5) is 0. The third-order valence-electron chi connectivity index (χ3n) is 2.56. The summed E-state index contributed by atoms with van der Waals surface area (Å²) in [5.41, 5.74) is 6.39. The number of hydrogen-bond acceptors (Lipinski definition) is 2. The van der Waals surface area contributed by atoms with Gasteiger partial charge in [-0.25, -0.2) is 4.39 Å². The van der Waals surface area contributed by atoms with Crippen molar-refractivity contribution < 1.29 is 9.13 Å². The van der Waals surface area contributed by atoms with Gasteiger partial charge in [0, 0.05) is 5.56 Å². The molecule has 1 aromatic carbocycles. The number of rotatable bonds is 6. The molecule has 0 aliphatic carbocycles. The molecule has 2 unspecified atom stereocenters. The highest BCUT2D eigenvalue weighted by molar-refractivity contribution is 5.20. The van der Waals surface area contributed by atoms with Crippen LogP contribution in [0.1, 0.15) is 38.3 Å². The minimum absolute atomic E-state index is 0.183. The molecule has 0 saturated heterocycles. The fourth-order valence-corrected chi connectivity index (χ4v) is 1.62. The molecular weight excluding hydrogens is 205 g/mol. The van der Waals surface area contributed by atoms with Gasteiger partial charge in [-0.15, -0.1) is 0 Å². The lowest BCUT2D eigenvalue weighted by Gasteiger charge is -2.17. The Labute approximate surface area is 96.6 Å². The molecule has 90 valence electrons. The van der Waals surface area contributed by atoms with Gasteiger partial charge in [-0.05, 0) is 19.4 Å². The number of hydrogen-bond donors (Lipinski definition) is 1. The third-order valence-corrected chi connectivity index (χ3v) is 2.56. The first-order chi connectivity index (χ1) is 7.65. The van der Waals surface area contributed by atoms with Gasteiger partial charge in [-0.3, -0.25) is 0 Å². The first-order valence-corrected chi connectivity index (χ1v) is 5.76. The quantitative estimate of drug-likeness (QED) is 0.807. The standard InChI is InChI=1S/C13H20FNO/c1-3-6-10(2)16-9-13(15)11-7-4-5-8-12(11)14/h4-5,7-8,10,13H,3,6,9,15H2,1-2H3. The fraction of sp³-hybridized carbons (Fsp3) is 0.538. The Morgan fingerprint density at radius 2 is 2.06 bits per heavy atom. The van der Waals surface area contributed by atoms with Gasteiger partial charge in [0.2, 0.25) is 0 Å². The van der Waals surface area contributed by atoms with E-state index in [9.17, 15) is 4.39 Å². The lowest BCUT2D eigenvalue weighted by atomic mass is 10.1. The Hall–Kier alpha value is -0.930. The summed E-state index contributed by atoms with van der Waals surface area (Å²) in [6.45, 7) is 4.48. The highest BCUT2D eigenvalue weighted by Gasteiger charge is 2.12. The second kappa shape index (κ2) is 6.61. The molecule has 0 spiro atoms. The van der Waals surface area contributed by atoms with Crippen molar-refractivity contribution in [1.82, 2.24) is 0 Å². The molecule has 0 aliphatic heterocycles. The molecule has 0 heterocycles. The van der Waals surface area contributed by atoms with E-state index in [0.717, 1.165) is 12.8 Å². The summed E-state index contributed by atoms with van der Waals surface area (Å²) in [5, 5.41) is 0. The molecule has 0 aromatic heterocycles. The molecule has 2 N–H and O–H groups in total. The zero-order valence-corrected chi connectivity index (χ0v) is 9.95. The summed E-state index contributed by atoms with van der Waals surface area (Å²) in [6, 6.07) is 6.18. The van der Waals surface area contributed by atoms with E-state index >= 15 is 0 Å². The van der Waals surface area contributed by atoms with Crippen molar-refractivity contribution in [2.45, 2.75) is 38.8 Å². The van der Waals surface area contributed by atoms with Crippen LogP contribution in [0.5, 0.6) is 0 Å². The van der Waals surface area contributed by atoms with Crippen LogP contribution in [-0.2, 0) is 4.74 Å². The van der Waals surface area contributed by atoms with Gasteiger partial charge in [0.25, 0.3) is 0 Å². The zero-order valence-electron chi connectivity index (χ0n) is 9.95. The van der Waals surface area contributed by atoms with Crippen molar-refractivity contribution in [1.29, 1.82) is 0 Å². The Balaban J connectivity index is 2.46. The van der Waals surface area contributed by atoms with Crippen molar-refractivity contribution in [2.24, 2.45) is 5.73 Å². The van der Waals surface area contributed by atoms with Crippen LogP contribution in [0.2, 0.25) is 0 Å². The largest absolute Gasteiger partial charge is 0.377 e. The normalized spacial score (nSPS) is 14.8. The van der Waals surface area contributed by atoms with E-state index in [4.69, 9.17) is 10.5 Å². The summed E-state index contributed by atoms with van der Waals surface area (Å²) in [6.07, 6.45) is 2.27. The van der Waals surface area contributed by atoms with E-state index in [1.165, 1.54) is 6.07 Å². The van der Waals surface area contributed by atoms with E-state index in [-0.39, 0.29) is 18.0 Å². The Morgan fingerprint density at radius 1 is 1.38 bits per heavy atom. The van der Waals surface area contributed by atoms with Crippen LogP contribution in [0.4, 0.5) is 4.39 Å². The van der Waals surface area contributed by atoms with Gasteiger partial charge in [-0.2, -0.15) is 0 Å². The highest BCUT2D eigenvalue weighted by atomic mass is 19.1. The molecule has 0 amide bonds. The van der Waals surface area contributed by atoms with Crippen LogP contribution in [0.3, 0.4) is 0 Å². The number of benzene rings is 1. The molecule has 1 aromatic rings. The molecule has 3 heteroatoms. The first-order valence-electron chi connectivity index (χ1n) is 5.76. The maximum Gasteiger partial charge on any atom is 0.128 e. The molecule has 0 fully saturated rings. The maximum absolute atomic E-state index is 13.4.